The molecule has 10 heteroatoms. The second-order valence-electron chi connectivity index (χ2n) is 6.03. The van der Waals surface area contributed by atoms with Gasteiger partial charge in [-0.2, -0.15) is 18.2 Å². The Bertz CT molecular complexity index is 833. The van der Waals surface area contributed by atoms with Crippen LogP contribution in [-0.4, -0.2) is 46.6 Å². The van der Waals surface area contributed by atoms with E-state index in [9.17, 15) is 22.8 Å². The fourth-order valence-electron chi connectivity index (χ4n) is 2.94. The Morgan fingerprint density at radius 1 is 1.22 bits per heavy atom. The zero-order valence-electron chi connectivity index (χ0n) is 14.3. The van der Waals surface area contributed by atoms with Crippen LogP contribution in [0.1, 0.15) is 35.5 Å². The molecule has 2 aromatic rings. The number of benzene rings is 1. The van der Waals surface area contributed by atoms with Gasteiger partial charge in [-0.25, -0.2) is 4.79 Å². The molecule has 7 nitrogen and oxygen atoms in total. The summed E-state index contributed by atoms with van der Waals surface area (Å²) >= 11 is 0. The first kappa shape index (κ1) is 18.9. The molecule has 1 atom stereocenters. The van der Waals surface area contributed by atoms with Crippen LogP contribution in [0.2, 0.25) is 0 Å². The fourth-order valence-corrected chi connectivity index (χ4v) is 2.94. The van der Waals surface area contributed by atoms with Crippen LogP contribution in [-0.2, 0) is 15.7 Å². The third-order valence-electron chi connectivity index (χ3n) is 4.30. The van der Waals surface area contributed by atoms with Gasteiger partial charge in [-0.3, -0.25) is 4.79 Å². The number of rotatable bonds is 3. The molecule has 0 saturated carbocycles. The van der Waals surface area contributed by atoms with E-state index in [-0.39, 0.29) is 17.3 Å². The van der Waals surface area contributed by atoms with Crippen LogP contribution in [0.25, 0.3) is 11.4 Å². The van der Waals surface area contributed by atoms with Crippen molar-refractivity contribution < 1.29 is 32.0 Å². The van der Waals surface area contributed by atoms with Crippen LogP contribution in [0.3, 0.4) is 0 Å². The van der Waals surface area contributed by atoms with Crippen LogP contribution >= 0.6 is 0 Å². The van der Waals surface area contributed by atoms with E-state index < -0.39 is 24.1 Å². The maximum Gasteiger partial charge on any atom is 0.471 e. The fraction of sp³-hybridized carbons (Fsp3) is 0.412. The lowest BCUT2D eigenvalue weighted by molar-refractivity contribution is -0.159. The van der Waals surface area contributed by atoms with Gasteiger partial charge in [0.05, 0.1) is 7.11 Å². The zero-order valence-corrected chi connectivity index (χ0v) is 14.3. The summed E-state index contributed by atoms with van der Waals surface area (Å²) in [6.45, 7) is 0.431. The number of amides is 1. The normalized spacial score (nSPS) is 17.6. The van der Waals surface area contributed by atoms with Crippen LogP contribution in [0, 0.1) is 0 Å². The first-order valence-corrected chi connectivity index (χ1v) is 8.21. The van der Waals surface area contributed by atoms with Gasteiger partial charge in [-0.15, -0.1) is 0 Å². The molecule has 2 heterocycles. The molecule has 3 rings (SSSR count). The van der Waals surface area contributed by atoms with Crippen molar-refractivity contribution in [2.75, 3.05) is 13.7 Å². The predicted octanol–water partition coefficient (Wildman–Crippen LogP) is 2.92. The molecule has 27 heavy (non-hydrogen) atoms. The number of likely N-dealkylation sites (tertiary alicyclic amines) is 1. The number of carbonyl (C=O) groups excluding carboxylic acids is 2. The molecule has 0 N–H and O–H groups in total. The number of carbonyl (C=O) groups is 2. The number of methoxy groups -OCH3 is 1. The van der Waals surface area contributed by atoms with Crippen molar-refractivity contribution in [1.82, 2.24) is 15.0 Å². The minimum atomic E-state index is -4.72. The van der Waals surface area contributed by atoms with Gasteiger partial charge >= 0.3 is 18.0 Å². The van der Waals surface area contributed by atoms with Crippen LogP contribution in [0.4, 0.5) is 13.2 Å². The summed E-state index contributed by atoms with van der Waals surface area (Å²) < 4.78 is 46.6. The lowest BCUT2D eigenvalue weighted by Crippen LogP contribution is -2.48. The average Bonchev–Trinajstić information content (AvgIpc) is 3.17. The summed E-state index contributed by atoms with van der Waals surface area (Å²) in [5, 5.41) is 3.30. The summed E-state index contributed by atoms with van der Waals surface area (Å²) in [5.74, 6) is -2.48. The molecule has 1 aliphatic rings. The Morgan fingerprint density at radius 2 is 1.93 bits per heavy atom. The lowest BCUT2D eigenvalue weighted by atomic mass is 10.0. The number of esters is 1. The minimum Gasteiger partial charge on any atom is -0.467 e. The number of nitrogens with zero attached hydrogens (tertiary/aromatic N) is 3. The smallest absolute Gasteiger partial charge is 0.467 e. The molecular formula is C17H16F3N3O4. The molecule has 1 aliphatic heterocycles. The lowest BCUT2D eigenvalue weighted by Gasteiger charge is -2.33. The first-order valence-electron chi connectivity index (χ1n) is 8.21. The van der Waals surface area contributed by atoms with E-state index in [1.165, 1.54) is 36.3 Å². The van der Waals surface area contributed by atoms with Crippen molar-refractivity contribution in [1.29, 1.82) is 0 Å². The minimum absolute atomic E-state index is 0.230. The molecule has 1 fully saturated rings. The Balaban J connectivity index is 1.79. The summed E-state index contributed by atoms with van der Waals surface area (Å²) in [5.41, 5.74) is 0.572. The second kappa shape index (κ2) is 7.37. The Morgan fingerprint density at radius 3 is 2.52 bits per heavy atom. The SMILES string of the molecule is COC(=O)[C@H]1CCCCN1C(=O)c1ccc(-c2noc(C(F)(F)F)n2)cc1. The Hall–Kier alpha value is -2.91. The average molecular weight is 383 g/mol. The number of hydrogen-bond acceptors (Lipinski definition) is 6. The monoisotopic (exact) mass is 383 g/mol. The predicted molar refractivity (Wildman–Crippen MR) is 85.4 cm³/mol. The van der Waals surface area contributed by atoms with E-state index in [2.05, 4.69) is 14.7 Å². The van der Waals surface area contributed by atoms with Crippen LogP contribution in [0.5, 0.6) is 0 Å². The van der Waals surface area contributed by atoms with E-state index in [4.69, 9.17) is 4.74 Å². The third kappa shape index (κ3) is 3.93. The number of alkyl halides is 3. The van der Waals surface area contributed by atoms with Gasteiger partial charge < -0.3 is 14.2 Å². The highest BCUT2D eigenvalue weighted by Crippen LogP contribution is 2.29. The van der Waals surface area contributed by atoms with Crippen LogP contribution in [0.15, 0.2) is 28.8 Å². The molecule has 0 radical (unpaired) electrons. The van der Waals surface area contributed by atoms with Gasteiger partial charge in [0.2, 0.25) is 5.82 Å². The Labute approximate surface area is 152 Å². The van der Waals surface area contributed by atoms with Gasteiger partial charge in [-0.05, 0) is 31.4 Å². The molecule has 144 valence electrons. The van der Waals surface area contributed by atoms with Gasteiger partial charge in [-0.1, -0.05) is 17.3 Å². The largest absolute Gasteiger partial charge is 0.471 e. The van der Waals surface area contributed by atoms with Crippen molar-refractivity contribution in [2.45, 2.75) is 31.5 Å². The number of ether oxygens (including phenoxy) is 1. The molecule has 0 aliphatic carbocycles. The highest BCUT2D eigenvalue weighted by Gasteiger charge is 2.38. The molecule has 1 aromatic heterocycles. The second-order valence-corrected chi connectivity index (χ2v) is 6.03. The van der Waals surface area contributed by atoms with E-state index in [0.29, 0.717) is 18.5 Å². The number of aromatic nitrogens is 2. The van der Waals surface area contributed by atoms with E-state index in [1.54, 1.807) is 0 Å². The zero-order chi connectivity index (χ0) is 19.6. The van der Waals surface area contributed by atoms with Crippen molar-refractivity contribution in [3.8, 4) is 11.4 Å². The quantitative estimate of drug-likeness (QED) is 0.758. The molecule has 1 amide bonds. The number of hydrogen-bond donors (Lipinski definition) is 0. The molecule has 0 spiro atoms. The van der Waals surface area contributed by atoms with Crippen molar-refractivity contribution in [2.24, 2.45) is 0 Å². The van der Waals surface area contributed by atoms with Crippen LogP contribution < -0.4 is 0 Å². The summed E-state index contributed by atoms with van der Waals surface area (Å²) in [6.07, 6.45) is -2.60. The highest BCUT2D eigenvalue weighted by atomic mass is 19.4. The summed E-state index contributed by atoms with van der Waals surface area (Å²) in [4.78, 5) is 29.4. The highest BCUT2D eigenvalue weighted by molar-refractivity contribution is 5.97. The third-order valence-corrected chi connectivity index (χ3v) is 4.30. The van der Waals surface area contributed by atoms with Crippen molar-refractivity contribution >= 4 is 11.9 Å². The maximum absolute atomic E-state index is 12.7. The molecular weight excluding hydrogens is 367 g/mol. The van der Waals surface area contributed by atoms with E-state index in [0.717, 1.165) is 12.8 Å². The molecule has 1 saturated heterocycles. The topological polar surface area (TPSA) is 85.5 Å². The van der Waals surface area contributed by atoms with E-state index in [1.807, 2.05) is 0 Å². The number of piperidine rings is 1. The summed E-state index contributed by atoms with van der Waals surface area (Å²) in [6, 6.07) is 5.11. The summed E-state index contributed by atoms with van der Waals surface area (Å²) in [7, 11) is 1.27. The van der Waals surface area contributed by atoms with E-state index >= 15 is 0 Å². The van der Waals surface area contributed by atoms with Gasteiger partial charge in [0.15, 0.2) is 0 Å². The first-order chi connectivity index (χ1) is 12.8. The van der Waals surface area contributed by atoms with Gasteiger partial charge in [0, 0.05) is 17.7 Å². The molecule has 1 aromatic carbocycles. The molecule has 0 bridgehead atoms. The molecule has 0 unspecified atom stereocenters. The number of halogens is 3. The van der Waals surface area contributed by atoms with Gasteiger partial charge in [0.25, 0.3) is 5.91 Å². The Kier molecular flexibility index (Phi) is 5.15. The van der Waals surface area contributed by atoms with Crippen molar-refractivity contribution in [3.05, 3.63) is 35.7 Å². The van der Waals surface area contributed by atoms with Gasteiger partial charge in [0.1, 0.15) is 6.04 Å². The maximum atomic E-state index is 12.7. The standard InChI is InChI=1S/C17H16F3N3O4/c1-26-15(25)12-4-2-3-9-23(12)14(24)11-7-5-10(6-8-11)13-21-16(27-22-13)17(18,19)20/h5-8,12H,2-4,9H2,1H3/t12-/m1/s1. The van der Waals surface area contributed by atoms with Crippen molar-refractivity contribution in [3.63, 3.8) is 0 Å².